The molecule has 0 aliphatic carbocycles. The van der Waals surface area contributed by atoms with Gasteiger partial charge in [-0.3, -0.25) is 4.79 Å². The molecule has 3 rings (SSSR count). The van der Waals surface area contributed by atoms with Gasteiger partial charge in [0, 0.05) is 11.8 Å². The van der Waals surface area contributed by atoms with E-state index in [9.17, 15) is 4.79 Å². The second kappa shape index (κ2) is 9.74. The number of quaternary nitrogens is 1. The molecule has 9 nitrogen and oxygen atoms in total. The van der Waals surface area contributed by atoms with Crippen molar-refractivity contribution in [3.05, 3.63) is 42.5 Å². The van der Waals surface area contributed by atoms with Crippen molar-refractivity contribution in [2.45, 2.75) is 20.4 Å². The van der Waals surface area contributed by atoms with Crippen molar-refractivity contribution in [3.8, 4) is 23.1 Å². The van der Waals surface area contributed by atoms with Crippen LogP contribution in [-0.2, 0) is 11.3 Å². The molecule has 1 aromatic carbocycles. The van der Waals surface area contributed by atoms with Gasteiger partial charge in [-0.1, -0.05) is 0 Å². The van der Waals surface area contributed by atoms with Gasteiger partial charge in [-0.2, -0.15) is 0 Å². The molecule has 0 aliphatic heterocycles. The predicted molar refractivity (Wildman–Crippen MR) is 105 cm³/mol. The second-order valence-electron chi connectivity index (χ2n) is 6.36. The summed E-state index contributed by atoms with van der Waals surface area (Å²) in [5.41, 5.74) is 0.646. The monoisotopic (exact) mass is 401 g/mol. The van der Waals surface area contributed by atoms with Crippen molar-refractivity contribution < 1.29 is 28.0 Å². The summed E-state index contributed by atoms with van der Waals surface area (Å²) in [5, 5.41) is 10.8. The van der Waals surface area contributed by atoms with Crippen LogP contribution >= 0.6 is 0 Å². The molecule has 0 saturated carbocycles. The highest BCUT2D eigenvalue weighted by Gasteiger charge is 2.17. The fourth-order valence-electron chi connectivity index (χ4n) is 2.75. The summed E-state index contributed by atoms with van der Waals surface area (Å²) >= 11 is 0. The van der Waals surface area contributed by atoms with Gasteiger partial charge in [0.05, 0.1) is 26.5 Å². The van der Waals surface area contributed by atoms with Crippen LogP contribution in [0.4, 0.5) is 5.69 Å². The summed E-state index contributed by atoms with van der Waals surface area (Å²) in [4.78, 5) is 13.3. The number of benzene rings is 1. The van der Waals surface area contributed by atoms with Crippen LogP contribution in [-0.4, -0.2) is 42.9 Å². The van der Waals surface area contributed by atoms with E-state index in [1.165, 1.54) is 0 Å². The topological polar surface area (TPSA) is 104 Å². The van der Waals surface area contributed by atoms with Gasteiger partial charge in [0.1, 0.15) is 0 Å². The fraction of sp³-hybridized carbons (Fsp3) is 0.350. The number of anilines is 1. The Morgan fingerprint density at radius 2 is 1.93 bits per heavy atom. The van der Waals surface area contributed by atoms with E-state index in [2.05, 4.69) is 15.5 Å². The predicted octanol–water partition coefficient (Wildman–Crippen LogP) is 1.78. The summed E-state index contributed by atoms with van der Waals surface area (Å²) in [6.45, 7) is 5.50. The number of carbonyl (C=O) groups is 1. The Morgan fingerprint density at radius 3 is 2.66 bits per heavy atom. The lowest BCUT2D eigenvalue weighted by molar-refractivity contribution is -0.886. The molecule has 0 radical (unpaired) electrons. The number of hydrogen-bond acceptors (Lipinski definition) is 7. The zero-order chi connectivity index (χ0) is 20.6. The SMILES string of the molecule is CCOc1ccc(NC(=O)C[NH+](C)Cc2nnc(-c3ccco3)o2)cc1OCC. The number of carbonyl (C=O) groups excluding carboxylic acids is 1. The number of nitrogens with zero attached hydrogens (tertiary/aromatic N) is 2. The van der Waals surface area contributed by atoms with Crippen LogP contribution in [0.3, 0.4) is 0 Å². The molecule has 2 heterocycles. The summed E-state index contributed by atoms with van der Waals surface area (Å²) in [6.07, 6.45) is 1.54. The van der Waals surface area contributed by atoms with Gasteiger partial charge < -0.3 is 28.5 Å². The highest BCUT2D eigenvalue weighted by molar-refractivity contribution is 5.91. The smallest absolute Gasteiger partial charge is 0.283 e. The summed E-state index contributed by atoms with van der Waals surface area (Å²) < 4.78 is 21.9. The Labute approximate surface area is 168 Å². The molecule has 1 amide bonds. The van der Waals surface area contributed by atoms with Crippen molar-refractivity contribution in [1.29, 1.82) is 0 Å². The standard InChI is InChI=1S/C20H24N4O5/c1-4-26-15-9-8-14(11-17(15)27-5-2)21-18(25)12-24(3)13-19-22-23-20(29-19)16-7-6-10-28-16/h6-11H,4-5,12-13H2,1-3H3,(H,21,25)/p+1. The minimum atomic E-state index is -0.139. The lowest BCUT2D eigenvalue weighted by Crippen LogP contribution is -3.08. The Hall–Kier alpha value is -3.33. The van der Waals surface area contributed by atoms with Crippen LogP contribution in [0.2, 0.25) is 0 Å². The number of likely N-dealkylation sites (N-methyl/N-ethyl adjacent to an activating group) is 1. The van der Waals surface area contributed by atoms with E-state index in [-0.39, 0.29) is 12.5 Å². The maximum absolute atomic E-state index is 12.4. The van der Waals surface area contributed by atoms with Crippen LogP contribution in [0.25, 0.3) is 11.7 Å². The molecule has 0 fully saturated rings. The highest BCUT2D eigenvalue weighted by atomic mass is 16.5. The molecule has 1 unspecified atom stereocenters. The fourth-order valence-corrected chi connectivity index (χ4v) is 2.75. The molecular weight excluding hydrogens is 376 g/mol. The number of nitrogens with one attached hydrogen (secondary N) is 2. The first-order chi connectivity index (χ1) is 14.1. The van der Waals surface area contributed by atoms with E-state index < -0.39 is 0 Å². The van der Waals surface area contributed by atoms with E-state index in [0.29, 0.717) is 54.5 Å². The van der Waals surface area contributed by atoms with Crippen molar-refractivity contribution in [2.75, 3.05) is 32.1 Å². The molecule has 0 aliphatic rings. The van der Waals surface area contributed by atoms with Crippen molar-refractivity contribution in [3.63, 3.8) is 0 Å². The Balaban J connectivity index is 1.55. The summed E-state index contributed by atoms with van der Waals surface area (Å²) in [7, 11) is 1.88. The molecule has 29 heavy (non-hydrogen) atoms. The van der Waals surface area contributed by atoms with Gasteiger partial charge in [-0.15, -0.1) is 10.2 Å². The number of ether oxygens (including phenoxy) is 2. The number of hydrogen-bond donors (Lipinski definition) is 2. The maximum Gasteiger partial charge on any atom is 0.283 e. The molecule has 154 valence electrons. The number of amides is 1. The first kappa shape index (κ1) is 20.4. The van der Waals surface area contributed by atoms with Gasteiger partial charge in [-0.25, -0.2) is 0 Å². The van der Waals surface area contributed by atoms with Crippen molar-refractivity contribution in [1.82, 2.24) is 10.2 Å². The summed E-state index contributed by atoms with van der Waals surface area (Å²) in [5.74, 6) is 2.38. The molecule has 0 saturated heterocycles. The van der Waals surface area contributed by atoms with E-state index in [4.69, 9.17) is 18.3 Å². The third-order valence-corrected chi connectivity index (χ3v) is 3.94. The van der Waals surface area contributed by atoms with E-state index >= 15 is 0 Å². The molecule has 9 heteroatoms. The van der Waals surface area contributed by atoms with Gasteiger partial charge >= 0.3 is 0 Å². The molecular formula is C20H25N4O5+. The van der Waals surface area contributed by atoms with Crippen LogP contribution in [0.15, 0.2) is 45.4 Å². The normalized spacial score (nSPS) is 11.8. The Bertz CT molecular complexity index is 923. The van der Waals surface area contributed by atoms with Crippen LogP contribution < -0.4 is 19.7 Å². The number of furan rings is 1. The molecule has 0 spiro atoms. The first-order valence-electron chi connectivity index (χ1n) is 9.46. The van der Waals surface area contributed by atoms with Crippen LogP contribution in [0.5, 0.6) is 11.5 Å². The lowest BCUT2D eigenvalue weighted by Gasteiger charge is -2.14. The zero-order valence-electron chi connectivity index (χ0n) is 16.7. The number of aromatic nitrogens is 2. The zero-order valence-corrected chi connectivity index (χ0v) is 16.7. The van der Waals surface area contributed by atoms with E-state index in [1.54, 1.807) is 36.6 Å². The lowest BCUT2D eigenvalue weighted by atomic mass is 10.2. The maximum atomic E-state index is 12.4. The van der Waals surface area contributed by atoms with Crippen LogP contribution in [0, 0.1) is 0 Å². The van der Waals surface area contributed by atoms with Gasteiger partial charge in [0.15, 0.2) is 30.3 Å². The minimum Gasteiger partial charge on any atom is -0.490 e. The van der Waals surface area contributed by atoms with Crippen molar-refractivity contribution in [2.24, 2.45) is 0 Å². The molecule has 3 aromatic rings. The Morgan fingerprint density at radius 1 is 1.14 bits per heavy atom. The minimum absolute atomic E-state index is 0.139. The summed E-state index contributed by atoms with van der Waals surface area (Å²) in [6, 6.07) is 8.83. The molecule has 2 N–H and O–H groups in total. The molecule has 1 atom stereocenters. The average Bonchev–Trinajstić information content (AvgIpc) is 3.35. The Kier molecular flexibility index (Phi) is 6.85. The third kappa shape index (κ3) is 5.58. The van der Waals surface area contributed by atoms with Gasteiger partial charge in [0.25, 0.3) is 17.7 Å². The van der Waals surface area contributed by atoms with Gasteiger partial charge in [-0.05, 0) is 38.1 Å². The number of rotatable bonds is 10. The highest BCUT2D eigenvalue weighted by Crippen LogP contribution is 2.30. The molecule has 2 aromatic heterocycles. The third-order valence-electron chi connectivity index (χ3n) is 3.94. The van der Waals surface area contributed by atoms with E-state index in [1.807, 2.05) is 20.9 Å². The largest absolute Gasteiger partial charge is 0.490 e. The van der Waals surface area contributed by atoms with Crippen LogP contribution in [0.1, 0.15) is 19.7 Å². The first-order valence-corrected chi connectivity index (χ1v) is 9.46. The quantitative estimate of drug-likeness (QED) is 0.534. The van der Waals surface area contributed by atoms with Crippen molar-refractivity contribution >= 4 is 11.6 Å². The van der Waals surface area contributed by atoms with Gasteiger partial charge in [0.2, 0.25) is 0 Å². The molecule has 0 bridgehead atoms. The second-order valence-corrected chi connectivity index (χ2v) is 6.36. The average molecular weight is 401 g/mol. The van der Waals surface area contributed by atoms with E-state index in [0.717, 1.165) is 4.90 Å².